The highest BCUT2D eigenvalue weighted by Gasteiger charge is 2.39. The summed E-state index contributed by atoms with van der Waals surface area (Å²) in [6.45, 7) is 10.4. The van der Waals surface area contributed by atoms with Gasteiger partial charge in [-0.1, -0.05) is 19.3 Å². The summed E-state index contributed by atoms with van der Waals surface area (Å²) >= 11 is 0. The van der Waals surface area contributed by atoms with Crippen molar-refractivity contribution in [2.75, 3.05) is 19.6 Å². The van der Waals surface area contributed by atoms with Crippen molar-refractivity contribution in [1.82, 2.24) is 10.2 Å². The first kappa shape index (κ1) is 15.8. The van der Waals surface area contributed by atoms with Crippen LogP contribution in [0.15, 0.2) is 0 Å². The van der Waals surface area contributed by atoms with Crippen LogP contribution in [0.3, 0.4) is 0 Å². The molecule has 0 amide bonds. The van der Waals surface area contributed by atoms with E-state index in [9.17, 15) is 0 Å². The lowest BCUT2D eigenvalue weighted by molar-refractivity contribution is -0.0357. The maximum Gasteiger partial charge on any atom is 0.0710 e. The molecule has 3 fully saturated rings. The minimum absolute atomic E-state index is 0.0977. The van der Waals surface area contributed by atoms with E-state index >= 15 is 0 Å². The molecule has 0 aromatic carbocycles. The third-order valence-electron chi connectivity index (χ3n) is 5.99. The Balaban J connectivity index is 1.64. The van der Waals surface area contributed by atoms with Gasteiger partial charge in [-0.25, -0.2) is 0 Å². The molecular formula is C18H34N2O. The molecule has 3 rings (SSSR count). The molecule has 3 heteroatoms. The first-order chi connectivity index (χ1) is 9.98. The van der Waals surface area contributed by atoms with Gasteiger partial charge in [-0.05, 0) is 59.4 Å². The van der Waals surface area contributed by atoms with Crippen LogP contribution >= 0.6 is 0 Å². The highest BCUT2D eigenvalue weighted by molar-refractivity contribution is 4.97. The summed E-state index contributed by atoms with van der Waals surface area (Å²) in [7, 11) is 0. The fourth-order valence-electron chi connectivity index (χ4n) is 4.60. The van der Waals surface area contributed by atoms with Crippen molar-refractivity contribution in [2.24, 2.45) is 0 Å². The van der Waals surface area contributed by atoms with Gasteiger partial charge >= 0.3 is 0 Å². The zero-order chi connectivity index (χ0) is 14.9. The van der Waals surface area contributed by atoms with E-state index in [1.165, 1.54) is 64.5 Å². The molecule has 0 radical (unpaired) electrons. The Morgan fingerprint density at radius 2 is 1.86 bits per heavy atom. The van der Waals surface area contributed by atoms with Crippen LogP contribution in [0.25, 0.3) is 0 Å². The van der Waals surface area contributed by atoms with Crippen LogP contribution in [-0.2, 0) is 4.74 Å². The summed E-state index contributed by atoms with van der Waals surface area (Å²) in [5.41, 5.74) is 0.498. The van der Waals surface area contributed by atoms with E-state index in [0.29, 0.717) is 17.7 Å². The van der Waals surface area contributed by atoms with Gasteiger partial charge in [-0.3, -0.25) is 4.90 Å². The van der Waals surface area contributed by atoms with Crippen LogP contribution in [0, 0.1) is 0 Å². The number of ether oxygens (including phenoxy) is 1. The second-order valence-electron chi connectivity index (χ2n) is 8.37. The fraction of sp³-hybridized carbons (Fsp3) is 1.00. The molecule has 3 aliphatic rings. The van der Waals surface area contributed by atoms with Crippen LogP contribution in [0.5, 0.6) is 0 Å². The third-order valence-corrected chi connectivity index (χ3v) is 5.99. The first-order valence-corrected chi connectivity index (χ1v) is 9.15. The summed E-state index contributed by atoms with van der Waals surface area (Å²) in [6, 6.07) is 0.686. The normalized spacial score (nSPS) is 36.7. The number of hydrogen-bond acceptors (Lipinski definition) is 3. The zero-order valence-corrected chi connectivity index (χ0v) is 14.3. The maximum absolute atomic E-state index is 6.25. The number of nitrogens with one attached hydrogen (secondary N) is 1. The van der Waals surface area contributed by atoms with E-state index in [1.54, 1.807) is 0 Å². The second kappa shape index (κ2) is 6.17. The Hall–Kier alpha value is -0.120. The van der Waals surface area contributed by atoms with Crippen LogP contribution < -0.4 is 5.32 Å². The third kappa shape index (κ3) is 3.80. The van der Waals surface area contributed by atoms with Crippen molar-refractivity contribution in [3.05, 3.63) is 0 Å². The van der Waals surface area contributed by atoms with E-state index < -0.39 is 0 Å². The van der Waals surface area contributed by atoms with Crippen molar-refractivity contribution < 1.29 is 4.74 Å². The molecule has 2 heterocycles. The second-order valence-corrected chi connectivity index (χ2v) is 8.37. The highest BCUT2D eigenvalue weighted by Crippen LogP contribution is 2.34. The topological polar surface area (TPSA) is 24.5 Å². The van der Waals surface area contributed by atoms with E-state index in [2.05, 4.69) is 31.0 Å². The van der Waals surface area contributed by atoms with E-state index in [-0.39, 0.29) is 5.60 Å². The molecule has 0 aromatic heterocycles. The number of rotatable bonds is 2. The van der Waals surface area contributed by atoms with Crippen LogP contribution in [0.4, 0.5) is 0 Å². The Morgan fingerprint density at radius 3 is 2.52 bits per heavy atom. The van der Waals surface area contributed by atoms with Crippen LogP contribution in [0.2, 0.25) is 0 Å². The van der Waals surface area contributed by atoms with E-state index in [1.807, 2.05) is 0 Å². The summed E-state index contributed by atoms with van der Waals surface area (Å²) in [5.74, 6) is 0. The molecule has 2 unspecified atom stereocenters. The highest BCUT2D eigenvalue weighted by atomic mass is 16.5. The van der Waals surface area contributed by atoms with Gasteiger partial charge < -0.3 is 10.1 Å². The maximum atomic E-state index is 6.25. The minimum Gasteiger partial charge on any atom is -0.371 e. The molecule has 122 valence electrons. The fourth-order valence-corrected chi connectivity index (χ4v) is 4.60. The quantitative estimate of drug-likeness (QED) is 0.845. The molecule has 2 saturated heterocycles. The van der Waals surface area contributed by atoms with Gasteiger partial charge in [0.1, 0.15) is 0 Å². The van der Waals surface area contributed by atoms with Crippen LogP contribution in [-0.4, -0.2) is 47.8 Å². The lowest BCUT2D eigenvalue weighted by atomic mass is 9.81. The standard InChI is InChI=1S/C18H34N2O/c1-15-8-12-19-18(9-5-4-6-10-18)14-20(15)13-16-7-11-17(2,3)21-16/h15-16,19H,4-14H2,1-3H3. The van der Waals surface area contributed by atoms with Gasteiger partial charge in [0.25, 0.3) is 0 Å². The molecule has 1 spiro atoms. The Kier molecular flexibility index (Phi) is 4.63. The van der Waals surface area contributed by atoms with Gasteiger partial charge in [-0.15, -0.1) is 0 Å². The molecule has 0 aromatic rings. The summed E-state index contributed by atoms with van der Waals surface area (Å²) in [4.78, 5) is 2.73. The average Bonchev–Trinajstić information content (AvgIpc) is 2.70. The number of nitrogens with zero attached hydrogens (tertiary/aromatic N) is 1. The largest absolute Gasteiger partial charge is 0.371 e. The smallest absolute Gasteiger partial charge is 0.0710 e. The van der Waals surface area contributed by atoms with Gasteiger partial charge in [-0.2, -0.15) is 0 Å². The van der Waals surface area contributed by atoms with Gasteiger partial charge in [0.2, 0.25) is 0 Å². The average molecular weight is 294 g/mol. The zero-order valence-electron chi connectivity index (χ0n) is 14.3. The predicted molar refractivity (Wildman–Crippen MR) is 87.7 cm³/mol. The summed E-state index contributed by atoms with van der Waals surface area (Å²) in [5, 5.41) is 3.92. The number of hydrogen-bond donors (Lipinski definition) is 1. The van der Waals surface area contributed by atoms with Crippen molar-refractivity contribution in [2.45, 2.75) is 95.4 Å². The molecule has 1 saturated carbocycles. The first-order valence-electron chi connectivity index (χ1n) is 9.15. The molecule has 1 aliphatic carbocycles. The molecule has 2 atom stereocenters. The van der Waals surface area contributed by atoms with Crippen molar-refractivity contribution >= 4 is 0 Å². The van der Waals surface area contributed by atoms with Crippen molar-refractivity contribution in [3.63, 3.8) is 0 Å². The Bertz CT molecular complexity index is 349. The molecule has 2 aliphatic heterocycles. The predicted octanol–water partition coefficient (Wildman–Crippen LogP) is 3.33. The lowest BCUT2D eigenvalue weighted by Gasteiger charge is -2.41. The molecule has 3 nitrogen and oxygen atoms in total. The molecular weight excluding hydrogens is 260 g/mol. The minimum atomic E-state index is 0.0977. The van der Waals surface area contributed by atoms with Gasteiger partial charge in [0.05, 0.1) is 11.7 Å². The summed E-state index contributed by atoms with van der Waals surface area (Å²) in [6.07, 6.45) is 11.1. The lowest BCUT2D eigenvalue weighted by Crippen LogP contribution is -2.54. The molecule has 21 heavy (non-hydrogen) atoms. The van der Waals surface area contributed by atoms with E-state index in [4.69, 9.17) is 4.74 Å². The molecule has 1 N–H and O–H groups in total. The van der Waals surface area contributed by atoms with Crippen LogP contribution in [0.1, 0.15) is 72.1 Å². The van der Waals surface area contributed by atoms with Crippen molar-refractivity contribution in [3.8, 4) is 0 Å². The Labute approximate surface area is 130 Å². The monoisotopic (exact) mass is 294 g/mol. The summed E-state index contributed by atoms with van der Waals surface area (Å²) < 4.78 is 6.25. The SMILES string of the molecule is CC1CCNC2(CCCCC2)CN1CC1CCC(C)(C)O1. The van der Waals surface area contributed by atoms with Gasteiger partial charge in [0, 0.05) is 24.7 Å². The molecule has 0 bridgehead atoms. The Morgan fingerprint density at radius 1 is 1.10 bits per heavy atom. The van der Waals surface area contributed by atoms with Crippen molar-refractivity contribution in [1.29, 1.82) is 0 Å². The van der Waals surface area contributed by atoms with E-state index in [0.717, 1.165) is 6.54 Å². The van der Waals surface area contributed by atoms with Gasteiger partial charge in [0.15, 0.2) is 0 Å².